The molecule has 4 heterocycles. The average Bonchev–Trinajstić information content (AvgIpc) is 3.83. The molecule has 3 saturated heterocycles. The number of hydrogen-bond donors (Lipinski definition) is 5. The van der Waals surface area contributed by atoms with Crippen molar-refractivity contribution in [2.45, 2.75) is 136 Å². The molecule has 72 heavy (non-hydrogen) atoms. The number of carbonyl (C=O) groups excluding carboxylic acids is 2. The molecule has 3 aromatic rings. The van der Waals surface area contributed by atoms with Gasteiger partial charge in [-0.1, -0.05) is 51.4 Å². The second-order valence-corrected chi connectivity index (χ2v) is 23.6. The molecular weight excluding hydrogens is 935 g/mol. The minimum absolute atomic E-state index is 0.00897. The summed E-state index contributed by atoms with van der Waals surface area (Å²) in [5.74, 6) is 1.00. The minimum atomic E-state index is -1.12. The van der Waals surface area contributed by atoms with Crippen LogP contribution in [0.25, 0.3) is 5.57 Å². The standard InChI is InChI=1S/C56H74ClFN8O6/c1-32(2)66(30-33-18-21-65(22-19-33)53-61-28-35(29-62-53)49(67)63-51-54(3,4)52(55(51,5)6)71-38-15-13-34(27-59)43(57)26-38)37-24-39(25-37)70-45-11-10-12-46(47(45)58)72-44-16-14-36(56(7,8)69)23-41(44)42-31-64(9)50(68)48-40(42)17-20-60-48/h10-16,23,26,31-33,35,37,39-40,48,51-53,60-62,69H,17-22,24-25,28-30H2,1-9H3,(H,63,67). The van der Waals surface area contributed by atoms with E-state index in [1.165, 1.54) is 0 Å². The zero-order chi connectivity index (χ0) is 51.4. The van der Waals surface area contributed by atoms with Crippen molar-refractivity contribution in [2.75, 3.05) is 46.3 Å². The van der Waals surface area contributed by atoms with E-state index in [1.54, 1.807) is 74.3 Å². The molecule has 4 aliphatic heterocycles. The summed E-state index contributed by atoms with van der Waals surface area (Å²) in [7, 11) is 1.74. The number of piperidine rings is 1. The lowest BCUT2D eigenvalue weighted by atomic mass is 9.49. The maximum Gasteiger partial charge on any atom is 0.244 e. The average molecular weight is 1010 g/mol. The van der Waals surface area contributed by atoms with Gasteiger partial charge in [0.1, 0.15) is 36.1 Å². The summed E-state index contributed by atoms with van der Waals surface area (Å²) in [6, 6.07) is 17.9. The molecule has 0 aromatic heterocycles. The van der Waals surface area contributed by atoms with Crippen LogP contribution in [-0.2, 0) is 15.2 Å². The van der Waals surface area contributed by atoms with Crippen LogP contribution in [0.4, 0.5) is 4.39 Å². The minimum Gasteiger partial charge on any atom is -0.489 e. The number of nitrogens with zero attached hydrogens (tertiary/aromatic N) is 4. The van der Waals surface area contributed by atoms with Crippen molar-refractivity contribution in [1.29, 1.82) is 5.26 Å². The summed E-state index contributed by atoms with van der Waals surface area (Å²) in [5.41, 5.74) is 0.925. The molecule has 388 valence electrons. The van der Waals surface area contributed by atoms with Gasteiger partial charge in [-0.2, -0.15) is 9.65 Å². The molecule has 2 atom stereocenters. The van der Waals surface area contributed by atoms with Gasteiger partial charge in [-0.25, -0.2) is 0 Å². The number of aliphatic hydroxyl groups is 1. The lowest BCUT2D eigenvalue weighted by molar-refractivity contribution is -0.174. The summed E-state index contributed by atoms with van der Waals surface area (Å²) in [6.45, 7) is 21.2. The summed E-state index contributed by atoms with van der Waals surface area (Å²) in [4.78, 5) is 33.4. The first-order chi connectivity index (χ1) is 34.1. The van der Waals surface area contributed by atoms with E-state index in [2.05, 4.69) is 78.7 Å². The van der Waals surface area contributed by atoms with Crippen molar-refractivity contribution in [3.63, 3.8) is 0 Å². The van der Waals surface area contributed by atoms with Gasteiger partial charge in [0.25, 0.3) is 0 Å². The maximum absolute atomic E-state index is 16.3. The smallest absolute Gasteiger partial charge is 0.244 e. The fourth-order valence-electron chi connectivity index (χ4n) is 12.7. The number of halogens is 2. The number of amides is 2. The highest BCUT2D eigenvalue weighted by Crippen LogP contribution is 2.56. The monoisotopic (exact) mass is 1010 g/mol. The molecule has 5 N–H and O–H groups in total. The quantitative estimate of drug-likeness (QED) is 0.102. The number of likely N-dealkylation sites (N-methyl/N-ethyl adjacent to an activating group) is 1. The van der Waals surface area contributed by atoms with E-state index in [1.807, 2.05) is 12.3 Å². The Morgan fingerprint density at radius 1 is 0.986 bits per heavy atom. The summed E-state index contributed by atoms with van der Waals surface area (Å²) in [6.07, 6.45) is 6.11. The number of carbonyl (C=O) groups is 2. The van der Waals surface area contributed by atoms with E-state index < -0.39 is 11.4 Å². The number of ether oxygens (including phenoxy) is 3. The Kier molecular flexibility index (Phi) is 14.8. The van der Waals surface area contributed by atoms with Gasteiger partial charge in [0.05, 0.1) is 28.1 Å². The maximum atomic E-state index is 16.3. The van der Waals surface area contributed by atoms with Crippen molar-refractivity contribution in [2.24, 2.45) is 28.6 Å². The van der Waals surface area contributed by atoms with E-state index in [9.17, 15) is 20.0 Å². The number of rotatable bonds is 15. The van der Waals surface area contributed by atoms with Gasteiger partial charge in [0, 0.05) is 105 Å². The Morgan fingerprint density at radius 2 is 1.68 bits per heavy atom. The number of nitrogens with one attached hydrogen (secondary N) is 4. The summed E-state index contributed by atoms with van der Waals surface area (Å²) in [5, 5.41) is 34.5. The molecular formula is C56H74ClFN8O6. The molecule has 2 amide bonds. The number of hydrogen-bond acceptors (Lipinski definition) is 12. The number of benzene rings is 3. The topological polar surface area (TPSA) is 164 Å². The van der Waals surface area contributed by atoms with Crippen molar-refractivity contribution >= 4 is 29.0 Å². The highest BCUT2D eigenvalue weighted by molar-refractivity contribution is 6.31. The van der Waals surface area contributed by atoms with Crippen molar-refractivity contribution in [1.82, 2.24) is 36.0 Å². The molecule has 0 bridgehead atoms. The molecule has 6 aliphatic rings. The normalized spacial score (nSPS) is 28.4. The molecule has 14 nitrogen and oxygen atoms in total. The first kappa shape index (κ1) is 52.1. The summed E-state index contributed by atoms with van der Waals surface area (Å²) >= 11 is 6.29. The Bertz CT molecular complexity index is 2560. The van der Waals surface area contributed by atoms with Crippen LogP contribution < -0.4 is 35.5 Å². The van der Waals surface area contributed by atoms with Crippen LogP contribution in [0.5, 0.6) is 23.0 Å². The SMILES string of the molecule is CC(C)N(CC1CCN(C2NCC(C(=O)NC3C(C)(C)C(Oc4ccc(C#N)c(Cl)c4)C3(C)C)CN2)CC1)C1CC(Oc2cccc(Oc3ccc(C(C)(C)O)cc3C3=CN(C)C(=O)C4NCCC34)c2F)C1. The largest absolute Gasteiger partial charge is 0.489 e. The lowest BCUT2D eigenvalue weighted by Gasteiger charge is -2.63. The first-order valence-corrected chi connectivity index (χ1v) is 26.4. The molecule has 3 aromatic carbocycles. The van der Waals surface area contributed by atoms with Crippen molar-refractivity contribution in [3.05, 3.63) is 88.3 Å². The fraction of sp³-hybridized carbons (Fsp3) is 0.589. The summed E-state index contributed by atoms with van der Waals surface area (Å²) < 4.78 is 35.5. The predicted octanol–water partition coefficient (Wildman–Crippen LogP) is 7.58. The fourth-order valence-corrected chi connectivity index (χ4v) is 12.9. The van der Waals surface area contributed by atoms with E-state index in [0.717, 1.165) is 57.3 Å². The lowest BCUT2D eigenvalue weighted by Crippen LogP contribution is -2.75. The number of nitriles is 1. The molecule has 16 heteroatoms. The Balaban J connectivity index is 0.739. The Labute approximate surface area is 429 Å². The van der Waals surface area contributed by atoms with Crippen molar-refractivity contribution in [3.8, 4) is 29.1 Å². The van der Waals surface area contributed by atoms with Crippen LogP contribution in [0.15, 0.2) is 60.8 Å². The van der Waals surface area contributed by atoms with E-state index >= 15 is 4.39 Å². The van der Waals surface area contributed by atoms with Gasteiger partial charge in [-0.15, -0.1) is 0 Å². The highest BCUT2D eigenvalue weighted by Gasteiger charge is 2.64. The molecule has 0 spiro atoms. The second-order valence-electron chi connectivity index (χ2n) is 23.2. The van der Waals surface area contributed by atoms with Gasteiger partial charge in [-0.3, -0.25) is 30.0 Å². The third-order valence-electron chi connectivity index (χ3n) is 16.6. The van der Waals surface area contributed by atoms with E-state index in [0.29, 0.717) is 70.8 Å². The Hall–Kier alpha value is -4.79. The third-order valence-corrected chi connectivity index (χ3v) is 16.9. The van der Waals surface area contributed by atoms with Gasteiger partial charge >= 0.3 is 0 Å². The zero-order valence-electron chi connectivity index (χ0n) is 43.4. The molecule has 2 unspecified atom stereocenters. The molecule has 9 rings (SSSR count). The van der Waals surface area contributed by atoms with Crippen LogP contribution in [0.2, 0.25) is 5.02 Å². The zero-order valence-corrected chi connectivity index (χ0v) is 44.1. The van der Waals surface area contributed by atoms with Crippen molar-refractivity contribution < 1.29 is 33.3 Å². The van der Waals surface area contributed by atoms with Gasteiger partial charge < -0.3 is 34.9 Å². The van der Waals surface area contributed by atoms with E-state index in [-0.39, 0.29) is 76.6 Å². The molecule has 5 fully saturated rings. The van der Waals surface area contributed by atoms with Gasteiger partial charge in [0.2, 0.25) is 17.6 Å². The third kappa shape index (κ3) is 10.3. The number of likely N-dealkylation sites (tertiary alicyclic amines) is 1. The van der Waals surface area contributed by atoms with Gasteiger partial charge in [-0.05, 0) is 107 Å². The van der Waals surface area contributed by atoms with Crippen LogP contribution in [0.3, 0.4) is 0 Å². The van der Waals surface area contributed by atoms with E-state index in [4.69, 9.17) is 25.8 Å². The predicted molar refractivity (Wildman–Crippen MR) is 276 cm³/mol. The first-order valence-electron chi connectivity index (χ1n) is 26.0. The molecule has 2 aliphatic carbocycles. The number of fused-ring (bicyclic) bond motifs is 1. The highest BCUT2D eigenvalue weighted by atomic mass is 35.5. The van der Waals surface area contributed by atoms with Crippen LogP contribution in [0.1, 0.15) is 104 Å². The van der Waals surface area contributed by atoms with Gasteiger partial charge in [0.15, 0.2) is 11.5 Å². The van der Waals surface area contributed by atoms with Crippen LogP contribution in [0, 0.1) is 45.7 Å². The second kappa shape index (κ2) is 20.5. The van der Waals surface area contributed by atoms with Crippen LogP contribution in [-0.4, -0.2) is 121 Å². The van der Waals surface area contributed by atoms with Crippen LogP contribution >= 0.6 is 11.6 Å². The molecule has 0 radical (unpaired) electrons. The Morgan fingerprint density at radius 3 is 2.33 bits per heavy atom. The molecule has 2 saturated carbocycles.